The minimum Gasteiger partial charge on any atom is -0.693 e. The van der Waals surface area contributed by atoms with Gasteiger partial charge in [0.25, 0.3) is 0 Å². The van der Waals surface area contributed by atoms with Crippen LogP contribution in [0.15, 0.2) is 12.7 Å². The molecule has 4 N–H and O–H groups in total. The third-order valence-electron chi connectivity index (χ3n) is 0.444. The molecule has 0 aromatic heterocycles. The van der Waals surface area contributed by atoms with Crippen molar-refractivity contribution in [3.8, 4) is 0 Å². The molecule has 9 heavy (non-hydrogen) atoms. The summed E-state index contributed by atoms with van der Waals surface area (Å²) in [5.41, 5.74) is 0. The van der Waals surface area contributed by atoms with Gasteiger partial charge in [0.2, 0.25) is 0 Å². The average molecular weight is 206 g/mol. The molecule has 0 spiro atoms. The molecule has 0 aromatic rings. The summed E-state index contributed by atoms with van der Waals surface area (Å²) in [6, 6.07) is 0. The molecule has 0 aromatic carbocycles. The number of hydrogen-bond acceptors (Lipinski definition) is 1. The smallest absolute Gasteiger partial charge is 0.511 e. The van der Waals surface area contributed by atoms with Gasteiger partial charge in [-0.1, -0.05) is 6.08 Å². The van der Waals surface area contributed by atoms with Gasteiger partial charge in [-0.25, -0.2) is 0 Å². The Labute approximate surface area is 79.2 Å². The van der Waals surface area contributed by atoms with Crippen LogP contribution in [0.25, 0.3) is 12.0 Å². The molecule has 0 amide bonds. The summed E-state index contributed by atoms with van der Waals surface area (Å²) in [5, 5.41) is 0. The quantitative estimate of drug-likeness (QED) is 0.384. The molecule has 4 nitrogen and oxygen atoms in total. The van der Waals surface area contributed by atoms with Gasteiger partial charge >= 0.3 is 5.97 Å². The van der Waals surface area contributed by atoms with Gasteiger partial charge in [-0.05, 0) is 0 Å². The molecular weight excluding hydrogens is 197 g/mol. The van der Waals surface area contributed by atoms with Crippen LogP contribution in [0.3, 0.4) is 0 Å². The van der Waals surface area contributed by atoms with Gasteiger partial charge in [0.1, 0.15) is 6.42 Å². The van der Waals surface area contributed by atoms with E-state index >= 15 is 0 Å². The first kappa shape index (κ1) is 16.1. The van der Waals surface area contributed by atoms with Gasteiger partial charge in [0.05, 0.1) is 0 Å². The van der Waals surface area contributed by atoms with Crippen molar-refractivity contribution in [2.75, 3.05) is 0 Å². The molecule has 0 heterocycles. The SMILES string of the molecule is C=CCC(=O)[OH+][NH-].[NH2-].[Y]. The summed E-state index contributed by atoms with van der Waals surface area (Å²) in [4.78, 5) is 12.6. The van der Waals surface area contributed by atoms with Crippen molar-refractivity contribution in [1.29, 1.82) is 0 Å². The van der Waals surface area contributed by atoms with Crippen LogP contribution >= 0.6 is 0 Å². The normalized spacial score (nSPS) is 5.89. The Morgan fingerprint density at radius 2 is 2.22 bits per heavy atom. The molecule has 0 atom stereocenters. The van der Waals surface area contributed by atoms with Crippen LogP contribution in [0.1, 0.15) is 6.42 Å². The molecule has 0 saturated carbocycles. The zero-order chi connectivity index (χ0) is 5.70. The van der Waals surface area contributed by atoms with E-state index in [2.05, 4.69) is 11.4 Å². The molecule has 1 radical (unpaired) electrons. The minimum atomic E-state index is -0.449. The van der Waals surface area contributed by atoms with E-state index in [9.17, 15) is 4.79 Å². The molecule has 0 aliphatic rings. The topological polar surface area (TPSA) is 87.2 Å². The fourth-order valence-electron chi connectivity index (χ4n) is 0.169. The number of rotatable bonds is 2. The molecule has 0 aliphatic carbocycles. The van der Waals surface area contributed by atoms with Crippen LogP contribution in [0.2, 0.25) is 0 Å². The number of carboxylic acids is 1. The second-order valence-corrected chi connectivity index (χ2v) is 0.998. The molecule has 0 unspecified atom stereocenters. The van der Waals surface area contributed by atoms with Crippen molar-refractivity contribution in [2.45, 2.75) is 6.42 Å². The second-order valence-electron chi connectivity index (χ2n) is 0.998. The first-order valence-corrected chi connectivity index (χ1v) is 1.82. The molecule has 0 saturated heterocycles. The predicted octanol–water partition coefficient (Wildman–Crippen LogP) is 1.78. The molecule has 0 fully saturated rings. The second kappa shape index (κ2) is 11.1. The van der Waals surface area contributed by atoms with E-state index in [4.69, 9.17) is 5.90 Å². The van der Waals surface area contributed by atoms with Gasteiger partial charge < -0.3 is 16.9 Å². The summed E-state index contributed by atoms with van der Waals surface area (Å²) in [5.74, 6) is 5.69. The van der Waals surface area contributed by atoms with Gasteiger partial charge in [-0.3, -0.25) is 0 Å². The Hall–Kier alpha value is 0.234. The Morgan fingerprint density at radius 3 is 2.33 bits per heavy atom. The summed E-state index contributed by atoms with van der Waals surface area (Å²) in [6.45, 7) is 3.28. The summed E-state index contributed by atoms with van der Waals surface area (Å²) in [6.07, 6.45) is 1.59. The molecule has 5 heteroatoms. The minimum absolute atomic E-state index is 0. The van der Waals surface area contributed by atoms with Crippen molar-refractivity contribution in [2.24, 2.45) is 0 Å². The fraction of sp³-hybridized carbons (Fsp3) is 0.250. The molecule has 0 rings (SSSR count). The van der Waals surface area contributed by atoms with Crippen LogP contribution in [-0.4, -0.2) is 10.8 Å². The van der Waals surface area contributed by atoms with E-state index in [1.54, 1.807) is 0 Å². The largest absolute Gasteiger partial charge is 0.693 e. The van der Waals surface area contributed by atoms with E-state index in [0.29, 0.717) is 0 Å². The van der Waals surface area contributed by atoms with E-state index in [1.165, 1.54) is 6.08 Å². The maximum absolute atomic E-state index is 9.99. The van der Waals surface area contributed by atoms with Crippen molar-refractivity contribution in [3.05, 3.63) is 24.7 Å². The Balaban J connectivity index is -0.000000180. The first-order chi connectivity index (χ1) is 3.31. The van der Waals surface area contributed by atoms with E-state index in [-0.39, 0.29) is 45.3 Å². The molecule has 0 aliphatic heterocycles. The van der Waals surface area contributed by atoms with Crippen LogP contribution in [-0.2, 0) is 37.5 Å². The van der Waals surface area contributed by atoms with Crippen molar-refractivity contribution >= 4 is 5.97 Å². The standard InChI is InChI=1S/C4H7NO2.H2N.Y/c1-2-3-4(6)7-5;;/h2,5,7H,1,3H2;1H2;/q;-1;. The van der Waals surface area contributed by atoms with Crippen LogP contribution in [0.4, 0.5) is 0 Å². The van der Waals surface area contributed by atoms with E-state index in [1.807, 2.05) is 0 Å². The summed E-state index contributed by atoms with van der Waals surface area (Å²) < 4.78 is 0. The Bertz CT molecular complexity index is 86.6. The van der Waals surface area contributed by atoms with Crippen molar-refractivity contribution in [1.82, 2.24) is 0 Å². The zero-order valence-corrected chi connectivity index (χ0v) is 7.84. The maximum Gasteiger partial charge on any atom is 0.511 e. The van der Waals surface area contributed by atoms with E-state index < -0.39 is 5.97 Å². The molecular formula is C4H9N2O2Y-. The number of hydrogen-bond donors (Lipinski definition) is 0. The maximum atomic E-state index is 9.99. The van der Waals surface area contributed by atoms with Gasteiger partial charge in [-0.15, -0.1) is 6.58 Å². The van der Waals surface area contributed by atoms with Crippen molar-refractivity contribution in [3.63, 3.8) is 0 Å². The third-order valence-corrected chi connectivity index (χ3v) is 0.444. The van der Waals surface area contributed by atoms with E-state index in [0.717, 1.165) is 0 Å². The summed E-state index contributed by atoms with van der Waals surface area (Å²) in [7, 11) is 0. The third kappa shape index (κ3) is 11.7. The van der Waals surface area contributed by atoms with Gasteiger partial charge in [0, 0.05) is 37.5 Å². The molecule has 51 valence electrons. The predicted molar refractivity (Wildman–Crippen MR) is 31.2 cm³/mol. The van der Waals surface area contributed by atoms with Crippen LogP contribution in [0, 0.1) is 0 Å². The van der Waals surface area contributed by atoms with Crippen LogP contribution < -0.4 is 0 Å². The Morgan fingerprint density at radius 1 is 1.78 bits per heavy atom. The number of carbonyl (C=O) groups is 1. The number of nitrogens with two attached hydrogens (primary N) is 1. The average Bonchev–Trinajstić information content (AvgIpc) is 1.68. The van der Waals surface area contributed by atoms with Gasteiger partial charge in [-0.2, -0.15) is 0 Å². The van der Waals surface area contributed by atoms with Crippen molar-refractivity contribution < 1.29 is 42.3 Å². The Kier molecular flexibility index (Phi) is 19.8. The molecule has 0 bridgehead atoms. The first-order valence-electron chi connectivity index (χ1n) is 1.82. The zero-order valence-electron chi connectivity index (χ0n) is 5.00. The summed E-state index contributed by atoms with van der Waals surface area (Å²) >= 11 is 0. The fourth-order valence-corrected chi connectivity index (χ4v) is 0.169. The van der Waals surface area contributed by atoms with Crippen LogP contribution in [0.5, 0.6) is 0 Å². The van der Waals surface area contributed by atoms with Gasteiger partial charge in [0.15, 0.2) is 0 Å². The number of aliphatic carboxylic acids is 1. The number of nitrogens with one attached hydrogen (secondary N) is 1. The monoisotopic (exact) mass is 206 g/mol.